The molecule has 0 aromatic heterocycles. The summed E-state index contributed by atoms with van der Waals surface area (Å²) in [5.74, 6) is 0. The number of hydrogen-bond donors (Lipinski definition) is 0. The molecule has 2 saturated heterocycles. The van der Waals surface area contributed by atoms with Crippen LogP contribution < -0.4 is 0 Å². The average molecular weight is 330 g/mol. The first-order valence-corrected chi connectivity index (χ1v) is 9.27. The van der Waals surface area contributed by atoms with Crippen LogP contribution in [0, 0.1) is 6.92 Å². The molecule has 4 rings (SSSR count). The Balaban J connectivity index is 1.64. The second kappa shape index (κ2) is 5.44. The standard InChI is InChI=1S/C18H18O4S/c1-12-7-9-14(10-8-12)23(19,20)16-11-15(21-18-17(16)22-18)13-5-3-2-4-6-13/h2-10,15-18H,11H2,1H3/t15-,16-,17+,18+/m1/s1. The number of aryl methyl sites for hydroxylation is 1. The molecule has 0 aliphatic carbocycles. The minimum absolute atomic E-state index is 0.245. The van der Waals surface area contributed by atoms with E-state index in [2.05, 4.69) is 0 Å². The monoisotopic (exact) mass is 330 g/mol. The summed E-state index contributed by atoms with van der Waals surface area (Å²) in [4.78, 5) is 0.357. The summed E-state index contributed by atoms with van der Waals surface area (Å²) < 4.78 is 37.3. The van der Waals surface area contributed by atoms with Crippen molar-refractivity contribution in [3.8, 4) is 0 Å². The summed E-state index contributed by atoms with van der Waals surface area (Å²) in [5.41, 5.74) is 2.03. The molecule has 5 heteroatoms. The van der Waals surface area contributed by atoms with Crippen molar-refractivity contribution in [2.75, 3.05) is 0 Å². The highest BCUT2D eigenvalue weighted by molar-refractivity contribution is 7.92. The Morgan fingerprint density at radius 2 is 1.65 bits per heavy atom. The van der Waals surface area contributed by atoms with E-state index in [0.29, 0.717) is 11.3 Å². The summed E-state index contributed by atoms with van der Waals surface area (Å²) in [6, 6.07) is 16.7. The summed E-state index contributed by atoms with van der Waals surface area (Å²) in [6.45, 7) is 1.94. The van der Waals surface area contributed by atoms with Gasteiger partial charge in [0.1, 0.15) is 6.10 Å². The lowest BCUT2D eigenvalue weighted by molar-refractivity contribution is -0.0220. The fourth-order valence-corrected chi connectivity index (χ4v) is 4.97. The zero-order valence-corrected chi connectivity index (χ0v) is 13.6. The van der Waals surface area contributed by atoms with Gasteiger partial charge in [0.25, 0.3) is 0 Å². The molecular formula is C18H18O4S. The van der Waals surface area contributed by atoms with Gasteiger partial charge in [-0.1, -0.05) is 48.0 Å². The molecule has 0 radical (unpaired) electrons. The van der Waals surface area contributed by atoms with Crippen molar-refractivity contribution < 1.29 is 17.9 Å². The number of hydrogen-bond acceptors (Lipinski definition) is 4. The van der Waals surface area contributed by atoms with Gasteiger partial charge in [0, 0.05) is 0 Å². The molecule has 0 bridgehead atoms. The Morgan fingerprint density at radius 3 is 2.35 bits per heavy atom. The number of epoxide rings is 1. The third kappa shape index (κ3) is 2.69. The summed E-state index contributed by atoms with van der Waals surface area (Å²) >= 11 is 0. The van der Waals surface area contributed by atoms with Crippen molar-refractivity contribution in [2.24, 2.45) is 0 Å². The number of sulfone groups is 1. The van der Waals surface area contributed by atoms with Crippen molar-refractivity contribution in [1.29, 1.82) is 0 Å². The Morgan fingerprint density at radius 1 is 0.957 bits per heavy atom. The van der Waals surface area contributed by atoms with Crippen LogP contribution in [-0.2, 0) is 19.3 Å². The van der Waals surface area contributed by atoms with Crippen LogP contribution in [0.1, 0.15) is 23.7 Å². The van der Waals surface area contributed by atoms with Gasteiger partial charge in [-0.05, 0) is 31.0 Å². The predicted molar refractivity (Wildman–Crippen MR) is 85.7 cm³/mol. The van der Waals surface area contributed by atoms with E-state index in [1.807, 2.05) is 49.4 Å². The van der Waals surface area contributed by atoms with Crippen molar-refractivity contribution in [3.63, 3.8) is 0 Å². The molecule has 0 saturated carbocycles. The molecule has 0 N–H and O–H groups in total. The molecule has 2 aromatic carbocycles. The third-order valence-corrected chi connectivity index (χ3v) is 6.70. The minimum Gasteiger partial charge on any atom is -0.342 e. The molecule has 120 valence electrons. The molecule has 23 heavy (non-hydrogen) atoms. The first-order chi connectivity index (χ1) is 11.1. The van der Waals surface area contributed by atoms with Crippen LogP contribution >= 0.6 is 0 Å². The first-order valence-electron chi connectivity index (χ1n) is 7.72. The Labute approximate surface area is 136 Å². The molecule has 2 heterocycles. The zero-order valence-electron chi connectivity index (χ0n) is 12.8. The lowest BCUT2D eigenvalue weighted by atomic mass is 10.0. The Bertz CT molecular complexity index is 799. The van der Waals surface area contributed by atoms with E-state index in [-0.39, 0.29) is 12.2 Å². The van der Waals surface area contributed by atoms with Gasteiger partial charge in [0.2, 0.25) is 0 Å². The fourth-order valence-electron chi connectivity index (χ4n) is 3.13. The van der Waals surface area contributed by atoms with Crippen LogP contribution in [-0.4, -0.2) is 26.1 Å². The van der Waals surface area contributed by atoms with Gasteiger partial charge in [-0.25, -0.2) is 8.42 Å². The average Bonchev–Trinajstić information content (AvgIpc) is 3.34. The van der Waals surface area contributed by atoms with Crippen molar-refractivity contribution in [2.45, 2.75) is 42.0 Å². The molecule has 4 nitrogen and oxygen atoms in total. The number of benzene rings is 2. The minimum atomic E-state index is -3.43. The maximum atomic E-state index is 13.0. The van der Waals surface area contributed by atoms with E-state index in [9.17, 15) is 8.42 Å². The van der Waals surface area contributed by atoms with Crippen LogP contribution in [0.3, 0.4) is 0 Å². The Kier molecular flexibility index (Phi) is 3.52. The van der Waals surface area contributed by atoms with Crippen LogP contribution in [0.4, 0.5) is 0 Å². The normalized spacial score (nSPS) is 29.8. The van der Waals surface area contributed by atoms with Gasteiger partial charge in [0.15, 0.2) is 16.1 Å². The van der Waals surface area contributed by atoms with Crippen LogP contribution in [0.5, 0.6) is 0 Å². The van der Waals surface area contributed by atoms with Gasteiger partial charge in [-0.2, -0.15) is 0 Å². The second-order valence-electron chi connectivity index (χ2n) is 6.14. The van der Waals surface area contributed by atoms with Crippen molar-refractivity contribution >= 4 is 9.84 Å². The largest absolute Gasteiger partial charge is 0.342 e. The quantitative estimate of drug-likeness (QED) is 0.812. The lowest BCUT2D eigenvalue weighted by Crippen LogP contribution is -2.35. The van der Waals surface area contributed by atoms with Gasteiger partial charge in [-0.3, -0.25) is 0 Å². The molecule has 0 unspecified atom stereocenters. The molecule has 2 aliphatic heterocycles. The zero-order chi connectivity index (χ0) is 16.0. The molecule has 0 spiro atoms. The van der Waals surface area contributed by atoms with Gasteiger partial charge in [-0.15, -0.1) is 0 Å². The number of fused-ring (bicyclic) bond motifs is 1. The van der Waals surface area contributed by atoms with E-state index < -0.39 is 21.4 Å². The molecule has 0 amide bonds. The fraction of sp³-hybridized carbons (Fsp3) is 0.333. The van der Waals surface area contributed by atoms with Crippen LogP contribution in [0.25, 0.3) is 0 Å². The van der Waals surface area contributed by atoms with E-state index >= 15 is 0 Å². The maximum absolute atomic E-state index is 13.0. The summed E-state index contributed by atoms with van der Waals surface area (Å²) in [7, 11) is -3.43. The smallest absolute Gasteiger partial charge is 0.186 e. The lowest BCUT2D eigenvalue weighted by Gasteiger charge is -2.26. The molecule has 2 aromatic rings. The summed E-state index contributed by atoms with van der Waals surface area (Å²) in [5, 5.41) is -0.561. The molecule has 4 atom stereocenters. The van der Waals surface area contributed by atoms with Crippen molar-refractivity contribution in [1.82, 2.24) is 0 Å². The second-order valence-corrected chi connectivity index (χ2v) is 8.30. The molecular weight excluding hydrogens is 312 g/mol. The van der Waals surface area contributed by atoms with E-state index in [1.54, 1.807) is 12.1 Å². The highest BCUT2D eigenvalue weighted by atomic mass is 32.2. The maximum Gasteiger partial charge on any atom is 0.186 e. The third-order valence-electron chi connectivity index (χ3n) is 4.51. The Hall–Kier alpha value is -1.69. The highest BCUT2D eigenvalue weighted by Gasteiger charge is 2.57. The highest BCUT2D eigenvalue weighted by Crippen LogP contribution is 2.45. The van der Waals surface area contributed by atoms with E-state index in [1.165, 1.54) is 0 Å². The summed E-state index contributed by atoms with van der Waals surface area (Å²) in [6.07, 6.45) is -0.577. The predicted octanol–water partition coefficient (Wildman–Crippen LogP) is 3.02. The SMILES string of the molecule is Cc1ccc(S(=O)(=O)[C@@H]2C[C@H](c3ccccc3)O[C@H]3O[C@H]32)cc1. The van der Waals surface area contributed by atoms with Gasteiger partial charge < -0.3 is 9.47 Å². The van der Waals surface area contributed by atoms with Crippen molar-refractivity contribution in [3.05, 3.63) is 65.7 Å². The number of rotatable bonds is 3. The number of ether oxygens (including phenoxy) is 2. The van der Waals surface area contributed by atoms with Crippen LogP contribution in [0.2, 0.25) is 0 Å². The van der Waals surface area contributed by atoms with Crippen LogP contribution in [0.15, 0.2) is 59.5 Å². The topological polar surface area (TPSA) is 55.9 Å². The molecule has 2 fully saturated rings. The first kappa shape index (κ1) is 14.9. The van der Waals surface area contributed by atoms with Gasteiger partial charge in [0.05, 0.1) is 16.2 Å². The van der Waals surface area contributed by atoms with E-state index in [4.69, 9.17) is 9.47 Å². The van der Waals surface area contributed by atoms with Gasteiger partial charge >= 0.3 is 0 Å². The van der Waals surface area contributed by atoms with E-state index in [0.717, 1.165) is 11.1 Å². The molecule has 2 aliphatic rings.